The van der Waals surface area contributed by atoms with Crippen LogP contribution in [0, 0.1) is 0 Å². The first-order valence-corrected chi connectivity index (χ1v) is 26.2. The van der Waals surface area contributed by atoms with Crippen molar-refractivity contribution in [2.24, 2.45) is 0 Å². The van der Waals surface area contributed by atoms with Gasteiger partial charge in [-0.05, 0) is 58.1 Å². The lowest BCUT2D eigenvalue weighted by molar-refractivity contribution is 1.07. The molecule has 0 radical (unpaired) electrons. The number of fused-ring (bicyclic) bond motifs is 11. The first-order chi connectivity index (χ1) is 37.2. The van der Waals surface area contributed by atoms with Crippen molar-refractivity contribution in [1.82, 2.24) is 24.1 Å². The monoisotopic (exact) mass is 973 g/mol. The second kappa shape index (κ2) is 17.5. The summed E-state index contributed by atoms with van der Waals surface area (Å²) in [6.07, 6.45) is 0. The van der Waals surface area contributed by atoms with Gasteiger partial charge in [-0.2, -0.15) is 0 Å². The topological polar surface area (TPSA) is 48.5 Å². The molecular weight excluding hydrogens is 931 g/mol. The number of nitrogens with zero attached hydrogens (tertiary/aromatic N) is 5. The fraction of sp³-hybridized carbons (Fsp3) is 0. The molecule has 5 nitrogen and oxygen atoms in total. The average Bonchev–Trinajstić information content (AvgIpc) is 4.27. The van der Waals surface area contributed by atoms with Crippen molar-refractivity contribution in [3.63, 3.8) is 0 Å². The summed E-state index contributed by atoms with van der Waals surface area (Å²) in [5.74, 6) is 1.84. The van der Waals surface area contributed by atoms with E-state index in [1.165, 1.54) is 69.4 Å². The Kier molecular flexibility index (Phi) is 10.00. The molecule has 4 aromatic heterocycles. The van der Waals surface area contributed by atoms with Crippen molar-refractivity contribution in [1.29, 1.82) is 0 Å². The van der Waals surface area contributed by atoms with Crippen LogP contribution in [0.1, 0.15) is 0 Å². The molecular formula is C69H43N5S. The molecule has 6 heteroatoms. The first kappa shape index (κ1) is 42.9. The van der Waals surface area contributed by atoms with Gasteiger partial charge in [0.05, 0.1) is 37.2 Å². The lowest BCUT2D eigenvalue weighted by atomic mass is 10.0. The van der Waals surface area contributed by atoms with Gasteiger partial charge >= 0.3 is 0 Å². The van der Waals surface area contributed by atoms with Crippen LogP contribution in [0.25, 0.3) is 143 Å². The Labute approximate surface area is 436 Å². The summed E-state index contributed by atoms with van der Waals surface area (Å²) in [4.78, 5) is 15.7. The van der Waals surface area contributed by atoms with Crippen molar-refractivity contribution in [2.45, 2.75) is 0 Å². The Balaban J connectivity index is 0.928. The van der Waals surface area contributed by atoms with Gasteiger partial charge in [0.15, 0.2) is 17.5 Å². The second-order valence-electron chi connectivity index (χ2n) is 19.1. The maximum absolute atomic E-state index is 5.27. The van der Waals surface area contributed by atoms with E-state index in [2.05, 4.69) is 258 Å². The molecule has 0 unspecified atom stereocenters. The highest BCUT2D eigenvalue weighted by molar-refractivity contribution is 7.27. The summed E-state index contributed by atoms with van der Waals surface area (Å²) in [7, 11) is 0. The highest BCUT2D eigenvalue weighted by Gasteiger charge is 2.23. The third kappa shape index (κ3) is 7.10. The Morgan fingerprint density at radius 2 is 0.667 bits per heavy atom. The first-order valence-electron chi connectivity index (χ1n) is 25.3. The second-order valence-corrected chi connectivity index (χ2v) is 20.1. The van der Waals surface area contributed by atoms with E-state index in [4.69, 9.17) is 15.0 Å². The molecule has 75 heavy (non-hydrogen) atoms. The molecule has 0 aliphatic carbocycles. The van der Waals surface area contributed by atoms with Gasteiger partial charge in [-0.3, -0.25) is 0 Å². The van der Waals surface area contributed by atoms with Crippen LogP contribution in [-0.2, 0) is 0 Å². The Morgan fingerprint density at radius 3 is 1.23 bits per heavy atom. The van der Waals surface area contributed by atoms with Gasteiger partial charge in [-0.25, -0.2) is 15.0 Å². The number of para-hydroxylation sites is 3. The van der Waals surface area contributed by atoms with Crippen LogP contribution in [0.5, 0.6) is 0 Å². The molecule has 0 atom stereocenters. The van der Waals surface area contributed by atoms with E-state index in [-0.39, 0.29) is 0 Å². The lowest BCUT2D eigenvalue weighted by Gasteiger charge is -2.14. The molecule has 4 heterocycles. The molecule has 15 aromatic rings. The highest BCUT2D eigenvalue weighted by atomic mass is 32.1. The van der Waals surface area contributed by atoms with Crippen LogP contribution in [0.2, 0.25) is 0 Å². The number of thiophene rings is 1. The SMILES string of the molecule is c1ccc(-c2ccc(-c3nc(-c4ccc(-c5ccccc5)cc4)nc(-c4cccc(-n5c6ccccc6c6ccc7c8ccc9c%10ccccc%10n(-c%10ccccc%10-c%10ccccc%10)c9c8sc7c65)c4)n3)cc2)cc1. The Bertz CT molecular complexity index is 4570. The normalized spacial score (nSPS) is 11.7. The predicted molar refractivity (Wildman–Crippen MR) is 314 cm³/mol. The lowest BCUT2D eigenvalue weighted by Crippen LogP contribution is -2.01. The molecule has 0 N–H and O–H groups in total. The summed E-state index contributed by atoms with van der Waals surface area (Å²) in [6.45, 7) is 0. The molecule has 15 rings (SSSR count). The molecule has 0 fully saturated rings. The zero-order valence-corrected chi connectivity index (χ0v) is 41.3. The molecule has 0 spiro atoms. The molecule has 0 saturated carbocycles. The van der Waals surface area contributed by atoms with Crippen molar-refractivity contribution in [3.05, 3.63) is 261 Å². The van der Waals surface area contributed by atoms with Crippen LogP contribution in [-0.4, -0.2) is 24.1 Å². The molecule has 0 aliphatic heterocycles. The van der Waals surface area contributed by atoms with E-state index in [1.807, 2.05) is 23.5 Å². The van der Waals surface area contributed by atoms with Crippen molar-refractivity contribution >= 4 is 75.1 Å². The van der Waals surface area contributed by atoms with E-state index in [1.54, 1.807) is 0 Å². The largest absolute Gasteiger partial charge is 0.308 e. The minimum absolute atomic E-state index is 0.606. The van der Waals surface area contributed by atoms with E-state index >= 15 is 0 Å². The maximum atomic E-state index is 5.27. The zero-order valence-electron chi connectivity index (χ0n) is 40.5. The van der Waals surface area contributed by atoms with Gasteiger partial charge in [0.25, 0.3) is 0 Å². The van der Waals surface area contributed by atoms with E-state index in [0.29, 0.717) is 17.5 Å². The average molecular weight is 974 g/mol. The van der Waals surface area contributed by atoms with Crippen LogP contribution in [0.3, 0.4) is 0 Å². The third-order valence-electron chi connectivity index (χ3n) is 14.8. The summed E-state index contributed by atoms with van der Waals surface area (Å²) in [5, 5.41) is 7.38. The van der Waals surface area contributed by atoms with Gasteiger partial charge in [0.2, 0.25) is 0 Å². The van der Waals surface area contributed by atoms with Crippen LogP contribution in [0.4, 0.5) is 0 Å². The van der Waals surface area contributed by atoms with Gasteiger partial charge < -0.3 is 9.13 Å². The quantitative estimate of drug-likeness (QED) is 0.152. The number of hydrogen-bond acceptors (Lipinski definition) is 4. The molecule has 0 amide bonds. The fourth-order valence-corrected chi connectivity index (χ4v) is 12.6. The maximum Gasteiger partial charge on any atom is 0.164 e. The highest BCUT2D eigenvalue weighted by Crippen LogP contribution is 2.48. The van der Waals surface area contributed by atoms with Crippen molar-refractivity contribution < 1.29 is 0 Å². The van der Waals surface area contributed by atoms with Crippen LogP contribution < -0.4 is 0 Å². The standard InChI is InChI=1S/C69H43N5S/c1-4-17-44(18-5-1)46-31-35-49(36-32-46)67-70-68(50-37-33-47(34-38-50)45-19-6-2-7-20-45)72-69(71-67)51-23-16-24-52(43-51)73-61-29-14-11-26-54(61)56-39-41-58-59-42-40-57-55-27-12-15-30-62(55)74(64(57)66(59)75-65(58)63(56)73)60-28-13-10-25-53(60)48-21-8-3-9-22-48/h1-43H. The van der Waals surface area contributed by atoms with E-state index < -0.39 is 0 Å². The van der Waals surface area contributed by atoms with Crippen molar-refractivity contribution in [3.8, 4) is 78.9 Å². The number of benzene rings is 11. The van der Waals surface area contributed by atoms with Gasteiger partial charge in [0, 0.05) is 60.3 Å². The van der Waals surface area contributed by atoms with Crippen molar-refractivity contribution in [2.75, 3.05) is 0 Å². The molecule has 0 aliphatic rings. The number of rotatable bonds is 8. The van der Waals surface area contributed by atoms with E-state index in [0.717, 1.165) is 55.8 Å². The third-order valence-corrected chi connectivity index (χ3v) is 16.0. The predicted octanol–water partition coefficient (Wildman–Crippen LogP) is 18.4. The fourth-order valence-electron chi connectivity index (χ4n) is 11.3. The van der Waals surface area contributed by atoms with Gasteiger partial charge in [-0.1, -0.05) is 231 Å². The van der Waals surface area contributed by atoms with Gasteiger partial charge in [0.1, 0.15) is 0 Å². The summed E-state index contributed by atoms with van der Waals surface area (Å²) in [6, 6.07) is 93.2. The molecule has 350 valence electrons. The number of aromatic nitrogens is 5. The van der Waals surface area contributed by atoms with Crippen LogP contribution in [0.15, 0.2) is 261 Å². The number of hydrogen-bond donors (Lipinski definition) is 0. The zero-order chi connectivity index (χ0) is 49.4. The van der Waals surface area contributed by atoms with E-state index in [9.17, 15) is 0 Å². The molecule has 11 aromatic carbocycles. The molecule has 0 saturated heterocycles. The van der Waals surface area contributed by atoms with Gasteiger partial charge in [-0.15, -0.1) is 11.3 Å². The summed E-state index contributed by atoms with van der Waals surface area (Å²) < 4.78 is 7.47. The Morgan fingerprint density at radius 1 is 0.267 bits per heavy atom. The minimum Gasteiger partial charge on any atom is -0.308 e. The summed E-state index contributed by atoms with van der Waals surface area (Å²) >= 11 is 1.89. The Hall–Kier alpha value is -9.75. The summed E-state index contributed by atoms with van der Waals surface area (Å²) in [5.41, 5.74) is 16.6. The molecule has 0 bridgehead atoms. The van der Waals surface area contributed by atoms with Crippen LogP contribution >= 0.6 is 11.3 Å². The minimum atomic E-state index is 0.606. The smallest absolute Gasteiger partial charge is 0.164 e.